The molecule has 1 aliphatic carbocycles. The number of fused-ring (bicyclic) bond motifs is 1. The number of piperazine rings is 1. The van der Waals surface area contributed by atoms with Crippen molar-refractivity contribution in [1.82, 2.24) is 19.2 Å². The van der Waals surface area contributed by atoms with E-state index in [4.69, 9.17) is 17.2 Å². The average Bonchev–Trinajstić information content (AvgIpc) is 3.14. The largest absolute Gasteiger partial charge is 0.395 e. The monoisotopic (exact) mass is 499 g/mol. The summed E-state index contributed by atoms with van der Waals surface area (Å²) in [6.45, 7) is 3.71. The highest BCUT2D eigenvalue weighted by atomic mass is 32.2. The van der Waals surface area contributed by atoms with Crippen molar-refractivity contribution >= 4 is 51.7 Å². The summed E-state index contributed by atoms with van der Waals surface area (Å²) in [4.78, 5) is 38.3. The lowest BCUT2D eigenvalue weighted by atomic mass is 9.94. The van der Waals surface area contributed by atoms with Crippen LogP contribution in [0.25, 0.3) is 11.7 Å². The smallest absolute Gasteiger partial charge is 0.267 e. The van der Waals surface area contributed by atoms with Crippen LogP contribution in [0.3, 0.4) is 0 Å². The molecule has 3 fully saturated rings. The molecule has 0 atom stereocenters. The lowest BCUT2D eigenvalue weighted by Crippen LogP contribution is -2.48. The van der Waals surface area contributed by atoms with Crippen LogP contribution in [0.4, 0.5) is 5.82 Å². The van der Waals surface area contributed by atoms with E-state index in [9.17, 15) is 14.7 Å². The minimum absolute atomic E-state index is 0.0989. The number of nitrogens with zero attached hydrogens (tertiary/aromatic N) is 5. The Morgan fingerprint density at radius 2 is 1.88 bits per heavy atom. The number of β-amino-alcohol motifs (C(OH)–C–C–N with tert-alkyl or cyclic N) is 1. The van der Waals surface area contributed by atoms with Crippen molar-refractivity contribution in [1.29, 1.82) is 0 Å². The zero-order valence-corrected chi connectivity index (χ0v) is 20.7. The topological polar surface area (TPSA) is 81.4 Å². The molecule has 4 heterocycles. The molecule has 1 amide bonds. The summed E-state index contributed by atoms with van der Waals surface area (Å²) in [7, 11) is 0. The van der Waals surface area contributed by atoms with E-state index in [1.165, 1.54) is 22.6 Å². The molecular weight excluding hydrogens is 470 g/mol. The number of carbonyl (C=O) groups is 1. The molecule has 0 radical (unpaired) electrons. The summed E-state index contributed by atoms with van der Waals surface area (Å²) in [6, 6.07) is 5.64. The quantitative estimate of drug-likeness (QED) is 0.496. The average molecular weight is 500 g/mol. The van der Waals surface area contributed by atoms with Crippen molar-refractivity contribution < 1.29 is 9.90 Å². The van der Waals surface area contributed by atoms with E-state index in [-0.39, 0.29) is 24.1 Å². The van der Waals surface area contributed by atoms with Gasteiger partial charge in [0.15, 0.2) is 0 Å². The van der Waals surface area contributed by atoms with Gasteiger partial charge >= 0.3 is 0 Å². The maximum Gasteiger partial charge on any atom is 0.267 e. The summed E-state index contributed by atoms with van der Waals surface area (Å²) in [5.41, 5.74) is 0.803. The molecule has 2 aromatic heterocycles. The lowest BCUT2D eigenvalue weighted by Gasteiger charge is -2.35. The Hall–Kier alpha value is -2.27. The molecular formula is C24H29N5O3S2. The number of carbonyl (C=O) groups excluding carboxylic acids is 1. The summed E-state index contributed by atoms with van der Waals surface area (Å²) in [5.74, 6) is 0.501. The van der Waals surface area contributed by atoms with Gasteiger partial charge in [-0.15, -0.1) is 0 Å². The Morgan fingerprint density at radius 1 is 1.12 bits per heavy atom. The molecule has 2 aliphatic heterocycles. The highest BCUT2D eigenvalue weighted by Gasteiger charge is 2.38. The predicted octanol–water partition coefficient (Wildman–Crippen LogP) is 2.34. The number of thiocarbonyl (C=S) groups is 1. The van der Waals surface area contributed by atoms with Crippen molar-refractivity contribution in [2.45, 2.75) is 38.1 Å². The Bertz CT molecular complexity index is 1180. The Labute approximate surface area is 208 Å². The third-order valence-corrected chi connectivity index (χ3v) is 8.21. The first-order valence-corrected chi connectivity index (χ1v) is 13.2. The van der Waals surface area contributed by atoms with Crippen LogP contribution < -0.4 is 10.5 Å². The first-order chi connectivity index (χ1) is 16.6. The molecule has 1 saturated carbocycles. The van der Waals surface area contributed by atoms with Crippen LogP contribution in [0, 0.1) is 0 Å². The molecule has 2 aromatic rings. The van der Waals surface area contributed by atoms with Crippen LogP contribution in [0.15, 0.2) is 34.1 Å². The van der Waals surface area contributed by atoms with Gasteiger partial charge in [-0.2, -0.15) is 0 Å². The van der Waals surface area contributed by atoms with E-state index >= 15 is 0 Å². The molecule has 5 rings (SSSR count). The van der Waals surface area contributed by atoms with Gasteiger partial charge in [0, 0.05) is 45.0 Å². The number of thioether (sulfide) groups is 1. The number of hydrogen-bond acceptors (Lipinski definition) is 8. The number of rotatable bonds is 5. The van der Waals surface area contributed by atoms with Crippen LogP contribution in [0.1, 0.15) is 37.7 Å². The van der Waals surface area contributed by atoms with E-state index in [0.29, 0.717) is 45.9 Å². The molecule has 10 heteroatoms. The normalized spacial score (nSPS) is 21.9. The Kier molecular flexibility index (Phi) is 7.01. The Balaban J connectivity index is 1.52. The first kappa shape index (κ1) is 23.5. The standard InChI is InChI=1S/C24H29N5O3S2/c30-15-14-26-10-12-27(13-11-26)21-18(22(31)28-9-5-4-8-20(28)25-21)16-19-23(32)29(24(33)34-19)17-6-2-1-3-7-17/h4-5,8-9,16-17,30H,1-3,6-7,10-15H2. The molecule has 34 heavy (non-hydrogen) atoms. The van der Waals surface area contributed by atoms with Crippen molar-refractivity contribution in [2.24, 2.45) is 0 Å². The lowest BCUT2D eigenvalue weighted by molar-refractivity contribution is -0.124. The highest BCUT2D eigenvalue weighted by molar-refractivity contribution is 8.26. The number of anilines is 1. The van der Waals surface area contributed by atoms with E-state index in [1.807, 2.05) is 12.1 Å². The fourth-order valence-electron chi connectivity index (χ4n) is 5.05. The van der Waals surface area contributed by atoms with Crippen LogP contribution >= 0.6 is 24.0 Å². The van der Waals surface area contributed by atoms with E-state index < -0.39 is 0 Å². The molecule has 8 nitrogen and oxygen atoms in total. The fourth-order valence-corrected chi connectivity index (χ4v) is 6.43. The van der Waals surface area contributed by atoms with Gasteiger partial charge in [-0.1, -0.05) is 49.3 Å². The number of pyridine rings is 1. The van der Waals surface area contributed by atoms with E-state index in [0.717, 1.165) is 38.8 Å². The second-order valence-corrected chi connectivity index (χ2v) is 10.7. The van der Waals surface area contributed by atoms with Crippen molar-refractivity contribution in [2.75, 3.05) is 44.2 Å². The van der Waals surface area contributed by atoms with Gasteiger partial charge in [0.05, 0.1) is 17.1 Å². The van der Waals surface area contributed by atoms with Gasteiger partial charge in [-0.05, 0) is 31.1 Å². The molecule has 0 unspecified atom stereocenters. The SMILES string of the molecule is O=C1C(=Cc2c(N3CCN(CCO)CC3)nc3ccccn3c2=O)SC(=S)N1C1CCCCC1. The zero-order valence-electron chi connectivity index (χ0n) is 19.1. The molecule has 0 spiro atoms. The first-order valence-electron chi connectivity index (χ1n) is 11.9. The molecule has 2 saturated heterocycles. The van der Waals surface area contributed by atoms with Gasteiger partial charge in [-0.3, -0.25) is 23.8 Å². The molecule has 180 valence electrons. The van der Waals surface area contributed by atoms with Crippen molar-refractivity contribution in [3.8, 4) is 0 Å². The molecule has 0 bridgehead atoms. The van der Waals surface area contributed by atoms with Crippen molar-refractivity contribution in [3.05, 3.63) is 45.2 Å². The maximum atomic E-state index is 13.6. The maximum absolute atomic E-state index is 13.6. The van der Waals surface area contributed by atoms with Crippen LogP contribution in [0.5, 0.6) is 0 Å². The molecule has 0 aromatic carbocycles. The highest BCUT2D eigenvalue weighted by Crippen LogP contribution is 2.37. The van der Waals surface area contributed by atoms with Crippen LogP contribution in [-0.2, 0) is 4.79 Å². The van der Waals surface area contributed by atoms with E-state index in [1.54, 1.807) is 23.2 Å². The third-order valence-electron chi connectivity index (χ3n) is 6.88. The second-order valence-electron chi connectivity index (χ2n) is 8.98. The Morgan fingerprint density at radius 3 is 2.62 bits per heavy atom. The number of aromatic nitrogens is 2. The molecule has 3 aliphatic rings. The van der Waals surface area contributed by atoms with Gasteiger partial charge < -0.3 is 10.0 Å². The minimum atomic E-state index is -0.193. The predicted molar refractivity (Wildman–Crippen MR) is 139 cm³/mol. The molecule has 1 N–H and O–H groups in total. The number of aliphatic hydroxyl groups excluding tert-OH is 1. The third kappa shape index (κ3) is 4.51. The summed E-state index contributed by atoms with van der Waals surface area (Å²) in [5, 5.41) is 9.25. The zero-order chi connectivity index (χ0) is 23.7. The fraction of sp³-hybridized carbons (Fsp3) is 0.500. The number of aliphatic hydroxyl groups is 1. The van der Waals surface area contributed by atoms with Crippen LogP contribution in [0.2, 0.25) is 0 Å². The summed E-state index contributed by atoms with van der Waals surface area (Å²) >= 11 is 6.87. The second kappa shape index (κ2) is 10.2. The van der Waals surface area contributed by atoms with Gasteiger partial charge in [0.1, 0.15) is 15.8 Å². The van der Waals surface area contributed by atoms with E-state index in [2.05, 4.69) is 9.80 Å². The summed E-state index contributed by atoms with van der Waals surface area (Å²) < 4.78 is 2.11. The van der Waals surface area contributed by atoms with Gasteiger partial charge in [0.2, 0.25) is 0 Å². The number of hydrogen-bond donors (Lipinski definition) is 1. The van der Waals surface area contributed by atoms with Gasteiger partial charge in [0.25, 0.3) is 11.5 Å². The number of amides is 1. The van der Waals surface area contributed by atoms with Gasteiger partial charge in [-0.25, -0.2) is 4.98 Å². The van der Waals surface area contributed by atoms with Crippen molar-refractivity contribution in [3.63, 3.8) is 0 Å². The van der Waals surface area contributed by atoms with Crippen LogP contribution in [-0.4, -0.2) is 79.9 Å². The summed E-state index contributed by atoms with van der Waals surface area (Å²) in [6.07, 6.45) is 8.79. The minimum Gasteiger partial charge on any atom is -0.395 e.